The van der Waals surface area contributed by atoms with E-state index in [0.717, 1.165) is 25.7 Å². The molecule has 0 bridgehead atoms. The summed E-state index contributed by atoms with van der Waals surface area (Å²) in [6.45, 7) is 11.3. The zero-order chi connectivity index (χ0) is 13.8. The van der Waals surface area contributed by atoms with Crippen LogP contribution in [0.3, 0.4) is 0 Å². The van der Waals surface area contributed by atoms with Crippen LogP contribution < -0.4 is 5.32 Å². The van der Waals surface area contributed by atoms with Gasteiger partial charge in [-0.25, -0.2) is 0 Å². The summed E-state index contributed by atoms with van der Waals surface area (Å²) in [5.41, 5.74) is 2.55. The van der Waals surface area contributed by atoms with Crippen molar-refractivity contribution in [2.24, 2.45) is 13.0 Å². The van der Waals surface area contributed by atoms with E-state index in [0.29, 0.717) is 5.92 Å². The number of hydrogen-bond acceptors (Lipinski definition) is 3. The SMILES string of the molecule is Cc1nn(C)cc1CN(CC(C)C)C1CCNCC1. The van der Waals surface area contributed by atoms with Crippen LogP contribution in [-0.4, -0.2) is 40.4 Å². The molecule has 1 aliphatic rings. The van der Waals surface area contributed by atoms with Crippen LogP contribution in [0.2, 0.25) is 0 Å². The highest BCUT2D eigenvalue weighted by atomic mass is 15.3. The Morgan fingerprint density at radius 1 is 1.42 bits per heavy atom. The Balaban J connectivity index is 2.06. The van der Waals surface area contributed by atoms with Gasteiger partial charge in [0.25, 0.3) is 0 Å². The molecule has 1 saturated heterocycles. The molecule has 1 aromatic rings. The monoisotopic (exact) mass is 264 g/mol. The van der Waals surface area contributed by atoms with Crippen LogP contribution in [0.5, 0.6) is 0 Å². The van der Waals surface area contributed by atoms with Crippen molar-refractivity contribution >= 4 is 0 Å². The van der Waals surface area contributed by atoms with Crippen molar-refractivity contribution in [2.45, 2.75) is 46.2 Å². The van der Waals surface area contributed by atoms with Crippen LogP contribution in [0.15, 0.2) is 6.20 Å². The number of rotatable bonds is 5. The second-order valence-corrected chi connectivity index (χ2v) is 6.22. The van der Waals surface area contributed by atoms with E-state index in [-0.39, 0.29) is 0 Å². The van der Waals surface area contributed by atoms with Crippen LogP contribution in [0.4, 0.5) is 0 Å². The molecule has 2 rings (SSSR count). The van der Waals surface area contributed by atoms with Gasteiger partial charge < -0.3 is 5.32 Å². The third-order valence-electron chi connectivity index (χ3n) is 3.91. The van der Waals surface area contributed by atoms with Gasteiger partial charge in [0, 0.05) is 37.9 Å². The minimum absolute atomic E-state index is 0.715. The summed E-state index contributed by atoms with van der Waals surface area (Å²) in [6.07, 6.45) is 4.71. The quantitative estimate of drug-likeness (QED) is 0.882. The number of nitrogens with zero attached hydrogens (tertiary/aromatic N) is 3. The minimum Gasteiger partial charge on any atom is -0.317 e. The second kappa shape index (κ2) is 6.53. The van der Waals surface area contributed by atoms with E-state index >= 15 is 0 Å². The first-order valence-electron chi connectivity index (χ1n) is 7.50. The van der Waals surface area contributed by atoms with Crippen LogP contribution in [0.1, 0.15) is 37.9 Å². The van der Waals surface area contributed by atoms with Crippen molar-refractivity contribution in [1.29, 1.82) is 0 Å². The zero-order valence-electron chi connectivity index (χ0n) is 12.8. The van der Waals surface area contributed by atoms with E-state index < -0.39 is 0 Å². The average Bonchev–Trinajstić information content (AvgIpc) is 2.67. The molecule has 0 amide bonds. The van der Waals surface area contributed by atoms with Gasteiger partial charge >= 0.3 is 0 Å². The predicted octanol–water partition coefficient (Wildman–Crippen LogP) is 1.94. The van der Waals surface area contributed by atoms with E-state index in [1.807, 2.05) is 11.7 Å². The standard InChI is InChI=1S/C15H28N4/c1-12(2)9-19(15-5-7-16-8-6-15)11-14-10-18(4)17-13(14)3/h10,12,15-16H,5-9,11H2,1-4H3. The summed E-state index contributed by atoms with van der Waals surface area (Å²) >= 11 is 0. The molecule has 2 heterocycles. The Morgan fingerprint density at radius 2 is 2.11 bits per heavy atom. The zero-order valence-corrected chi connectivity index (χ0v) is 12.8. The Kier molecular flexibility index (Phi) is 4.99. The molecule has 0 radical (unpaired) electrons. The van der Waals surface area contributed by atoms with Gasteiger partial charge in [0.2, 0.25) is 0 Å². The molecular weight excluding hydrogens is 236 g/mol. The molecule has 0 aromatic carbocycles. The van der Waals surface area contributed by atoms with Crippen LogP contribution in [0.25, 0.3) is 0 Å². The van der Waals surface area contributed by atoms with E-state index in [9.17, 15) is 0 Å². The summed E-state index contributed by atoms with van der Waals surface area (Å²) < 4.78 is 1.93. The molecule has 1 aromatic heterocycles. The van der Waals surface area contributed by atoms with Gasteiger partial charge in [-0.1, -0.05) is 13.8 Å². The van der Waals surface area contributed by atoms with Crippen molar-refractivity contribution in [2.75, 3.05) is 19.6 Å². The summed E-state index contributed by atoms with van der Waals surface area (Å²) in [5.74, 6) is 0.715. The lowest BCUT2D eigenvalue weighted by molar-refractivity contribution is 0.137. The molecule has 4 nitrogen and oxygen atoms in total. The fourth-order valence-corrected chi connectivity index (χ4v) is 3.01. The average molecular weight is 264 g/mol. The van der Waals surface area contributed by atoms with E-state index in [1.165, 1.54) is 30.6 Å². The molecule has 1 N–H and O–H groups in total. The third-order valence-corrected chi connectivity index (χ3v) is 3.91. The largest absolute Gasteiger partial charge is 0.317 e. The highest BCUT2D eigenvalue weighted by Gasteiger charge is 2.22. The number of aryl methyl sites for hydroxylation is 2. The molecule has 0 saturated carbocycles. The molecule has 1 fully saturated rings. The number of hydrogen-bond donors (Lipinski definition) is 1. The van der Waals surface area contributed by atoms with Crippen LogP contribution in [-0.2, 0) is 13.6 Å². The molecule has 108 valence electrons. The lowest BCUT2D eigenvalue weighted by Crippen LogP contribution is -2.44. The maximum atomic E-state index is 4.47. The smallest absolute Gasteiger partial charge is 0.0638 e. The fraction of sp³-hybridized carbons (Fsp3) is 0.800. The third kappa shape index (κ3) is 4.05. The maximum Gasteiger partial charge on any atom is 0.0638 e. The van der Waals surface area contributed by atoms with Crippen molar-refractivity contribution < 1.29 is 0 Å². The molecule has 0 aliphatic carbocycles. The van der Waals surface area contributed by atoms with E-state index in [1.54, 1.807) is 0 Å². The molecule has 4 heteroatoms. The molecule has 0 spiro atoms. The Morgan fingerprint density at radius 3 is 2.63 bits per heavy atom. The lowest BCUT2D eigenvalue weighted by Gasteiger charge is -2.35. The first kappa shape index (κ1) is 14.5. The van der Waals surface area contributed by atoms with Crippen LogP contribution >= 0.6 is 0 Å². The Bertz CT molecular complexity index is 391. The molecule has 19 heavy (non-hydrogen) atoms. The Hall–Kier alpha value is -0.870. The summed E-state index contributed by atoms with van der Waals surface area (Å²) in [6, 6.07) is 0.725. The van der Waals surface area contributed by atoms with Crippen LogP contribution in [0, 0.1) is 12.8 Å². The van der Waals surface area contributed by atoms with Gasteiger partial charge in [-0.15, -0.1) is 0 Å². The van der Waals surface area contributed by atoms with Crippen molar-refractivity contribution in [3.05, 3.63) is 17.5 Å². The van der Waals surface area contributed by atoms with Crippen molar-refractivity contribution in [3.8, 4) is 0 Å². The van der Waals surface area contributed by atoms with E-state index in [4.69, 9.17) is 0 Å². The normalized spacial score (nSPS) is 17.6. The minimum atomic E-state index is 0.715. The highest BCUT2D eigenvalue weighted by molar-refractivity contribution is 5.15. The number of nitrogens with one attached hydrogen (secondary N) is 1. The second-order valence-electron chi connectivity index (χ2n) is 6.22. The molecule has 0 unspecified atom stereocenters. The van der Waals surface area contributed by atoms with Crippen molar-refractivity contribution in [1.82, 2.24) is 20.0 Å². The maximum absolute atomic E-state index is 4.47. The predicted molar refractivity (Wildman–Crippen MR) is 79.1 cm³/mol. The molecule has 1 aliphatic heterocycles. The van der Waals surface area contributed by atoms with Crippen molar-refractivity contribution in [3.63, 3.8) is 0 Å². The first-order chi connectivity index (χ1) is 9.06. The Labute approximate surface area is 117 Å². The fourth-order valence-electron chi connectivity index (χ4n) is 3.01. The summed E-state index contributed by atoms with van der Waals surface area (Å²) in [4.78, 5) is 2.66. The topological polar surface area (TPSA) is 33.1 Å². The van der Waals surface area contributed by atoms with Gasteiger partial charge in [0.05, 0.1) is 5.69 Å². The van der Waals surface area contributed by atoms with Gasteiger partial charge in [0.1, 0.15) is 0 Å². The first-order valence-corrected chi connectivity index (χ1v) is 7.50. The molecule has 0 atom stereocenters. The molecular formula is C15H28N4. The summed E-state index contributed by atoms with van der Waals surface area (Å²) in [5, 5.41) is 7.93. The number of piperidine rings is 1. The summed E-state index contributed by atoms with van der Waals surface area (Å²) in [7, 11) is 2.01. The lowest BCUT2D eigenvalue weighted by atomic mass is 10.0. The number of aromatic nitrogens is 2. The van der Waals surface area contributed by atoms with Gasteiger partial charge in [-0.2, -0.15) is 5.10 Å². The van der Waals surface area contributed by atoms with Gasteiger partial charge in [-0.3, -0.25) is 9.58 Å². The highest BCUT2D eigenvalue weighted by Crippen LogP contribution is 2.18. The van der Waals surface area contributed by atoms with Gasteiger partial charge in [-0.05, 0) is 38.8 Å². The van der Waals surface area contributed by atoms with Gasteiger partial charge in [0.15, 0.2) is 0 Å². The van der Waals surface area contributed by atoms with E-state index in [2.05, 4.69) is 42.3 Å².